The van der Waals surface area contributed by atoms with E-state index in [-0.39, 0.29) is 18.1 Å². The molecule has 4 heterocycles. The van der Waals surface area contributed by atoms with Gasteiger partial charge >= 0.3 is 5.97 Å². The molecule has 2 aliphatic rings. The number of esters is 1. The fourth-order valence-electron chi connectivity index (χ4n) is 7.06. The van der Waals surface area contributed by atoms with Crippen molar-refractivity contribution < 1.29 is 9.53 Å². The highest BCUT2D eigenvalue weighted by molar-refractivity contribution is 7.80. The van der Waals surface area contributed by atoms with E-state index < -0.39 is 0 Å². The lowest BCUT2D eigenvalue weighted by molar-refractivity contribution is 0.0600. The van der Waals surface area contributed by atoms with Gasteiger partial charge in [-0.1, -0.05) is 31.5 Å². The molecule has 0 unspecified atom stereocenters. The molecule has 4 aromatic rings. The van der Waals surface area contributed by atoms with Gasteiger partial charge in [0.2, 0.25) is 0 Å². The van der Waals surface area contributed by atoms with Gasteiger partial charge in [-0.3, -0.25) is 4.98 Å². The fourth-order valence-corrected chi connectivity index (χ4v) is 7.70. The minimum absolute atomic E-state index is 0.177. The quantitative estimate of drug-likeness (QED) is 0.175. The van der Waals surface area contributed by atoms with E-state index in [0.717, 1.165) is 57.8 Å². The van der Waals surface area contributed by atoms with E-state index in [1.165, 1.54) is 13.5 Å². The Morgan fingerprint density at radius 2 is 1.70 bits per heavy atom. The van der Waals surface area contributed by atoms with E-state index in [4.69, 9.17) is 33.5 Å². The van der Waals surface area contributed by atoms with Gasteiger partial charge in [0.05, 0.1) is 41.2 Å². The first-order valence-electron chi connectivity index (χ1n) is 15.1. The van der Waals surface area contributed by atoms with E-state index in [9.17, 15) is 4.79 Å². The molecule has 2 aliphatic heterocycles. The lowest BCUT2D eigenvalue weighted by Crippen LogP contribution is -2.38. The van der Waals surface area contributed by atoms with E-state index in [1.54, 1.807) is 12.1 Å². The van der Waals surface area contributed by atoms with Gasteiger partial charge in [0.25, 0.3) is 0 Å². The number of methoxy groups -OCH3 is 1. The second-order valence-corrected chi connectivity index (χ2v) is 13.0. The molecule has 7 nitrogen and oxygen atoms in total. The summed E-state index contributed by atoms with van der Waals surface area (Å²) in [6, 6.07) is 21.6. The highest BCUT2D eigenvalue weighted by atomic mass is 35.5. The Morgan fingerprint density at radius 3 is 2.34 bits per heavy atom. The lowest BCUT2D eigenvalue weighted by atomic mass is 9.91. The van der Waals surface area contributed by atoms with Gasteiger partial charge < -0.3 is 24.4 Å². The average Bonchev–Trinajstić information content (AvgIpc) is 3.51. The molecule has 2 aromatic heterocycles. The molecule has 44 heavy (non-hydrogen) atoms. The summed E-state index contributed by atoms with van der Waals surface area (Å²) >= 11 is 13.1. The van der Waals surface area contributed by atoms with Crippen LogP contribution in [0.4, 0.5) is 11.4 Å². The molecule has 2 saturated heterocycles. The Labute approximate surface area is 269 Å². The highest BCUT2D eigenvalue weighted by Gasteiger charge is 2.42. The fraction of sp³-hybridized carbons (Fsp3) is 0.343. The first-order valence-corrected chi connectivity index (χ1v) is 15.9. The smallest absolute Gasteiger partial charge is 0.337 e. The normalized spacial score (nSPS) is 21.8. The molecule has 228 valence electrons. The summed E-state index contributed by atoms with van der Waals surface area (Å²) in [4.78, 5) is 21.4. The zero-order valence-corrected chi connectivity index (χ0v) is 27.3. The van der Waals surface area contributed by atoms with Crippen molar-refractivity contribution in [2.24, 2.45) is 11.8 Å². The molecule has 2 fully saturated rings. The summed E-state index contributed by atoms with van der Waals surface area (Å²) in [5.74, 6) is 0.895. The number of thiocarbonyl (C=S) groups is 1. The van der Waals surface area contributed by atoms with Crippen molar-refractivity contribution in [1.82, 2.24) is 14.9 Å². The largest absolute Gasteiger partial charge is 0.465 e. The van der Waals surface area contributed by atoms with Gasteiger partial charge in [0, 0.05) is 42.0 Å². The molecule has 2 aromatic carbocycles. The molecule has 9 heteroatoms. The number of nitrogens with zero attached hydrogens (tertiary/aromatic N) is 4. The van der Waals surface area contributed by atoms with Gasteiger partial charge in [-0.05, 0) is 111 Å². The highest BCUT2D eigenvalue weighted by Crippen LogP contribution is 2.45. The number of ether oxygens (including phenoxy) is 1. The molecule has 0 amide bonds. The minimum atomic E-state index is -0.355. The number of carbonyl (C=O) groups is 1. The van der Waals surface area contributed by atoms with Crippen LogP contribution in [-0.4, -0.2) is 40.8 Å². The molecule has 1 N–H and O–H groups in total. The number of anilines is 2. The maximum atomic E-state index is 12.0. The van der Waals surface area contributed by atoms with Crippen LogP contribution >= 0.6 is 23.8 Å². The van der Waals surface area contributed by atoms with Crippen molar-refractivity contribution in [2.45, 2.75) is 46.2 Å². The molecule has 0 radical (unpaired) electrons. The monoisotopic (exact) mass is 627 g/mol. The number of nitrogens with one attached hydrogen (secondary N) is 1. The van der Waals surface area contributed by atoms with E-state index in [0.29, 0.717) is 22.5 Å². The summed E-state index contributed by atoms with van der Waals surface area (Å²) in [6.45, 7) is 10.9. The predicted octanol–water partition coefficient (Wildman–Crippen LogP) is 7.59. The molecule has 0 spiro atoms. The van der Waals surface area contributed by atoms with E-state index in [1.807, 2.05) is 42.6 Å². The third-order valence-corrected chi connectivity index (χ3v) is 9.47. The number of aromatic nitrogens is 2. The van der Waals surface area contributed by atoms with Gasteiger partial charge in [0.15, 0.2) is 5.11 Å². The molecule has 0 aliphatic carbocycles. The third-order valence-electron chi connectivity index (χ3n) is 8.85. The van der Waals surface area contributed by atoms with Crippen LogP contribution < -0.4 is 15.1 Å². The van der Waals surface area contributed by atoms with Gasteiger partial charge in [-0.2, -0.15) is 0 Å². The number of hydrogen-bond acceptors (Lipinski definition) is 5. The van der Waals surface area contributed by atoms with E-state index in [2.05, 4.69) is 65.6 Å². The summed E-state index contributed by atoms with van der Waals surface area (Å²) in [5, 5.41) is 4.93. The molecule has 0 saturated carbocycles. The van der Waals surface area contributed by atoms with Crippen LogP contribution in [0.5, 0.6) is 0 Å². The van der Waals surface area contributed by atoms with Crippen molar-refractivity contribution >= 4 is 46.3 Å². The number of piperidine rings is 1. The zero-order valence-electron chi connectivity index (χ0n) is 25.8. The van der Waals surface area contributed by atoms with Crippen molar-refractivity contribution in [3.05, 3.63) is 106 Å². The summed E-state index contributed by atoms with van der Waals surface area (Å²) in [7, 11) is 1.39. The van der Waals surface area contributed by atoms with Crippen LogP contribution in [0.25, 0.3) is 5.69 Å². The molecular weight excluding hydrogens is 590 g/mol. The number of benzene rings is 2. The van der Waals surface area contributed by atoms with Crippen molar-refractivity contribution in [2.75, 3.05) is 30.0 Å². The summed E-state index contributed by atoms with van der Waals surface area (Å²) in [6.07, 6.45) is 3.06. The SMILES string of the molecule is COC(=O)c1ccc(-n2c(C)cc([C@@H]3[C@H](c4ccccn4)NC(=S)N3c3ccc(N4C[C@@H](C)C[C@H](C)C4)c(Cl)c3)c2C)cc1. The van der Waals surface area contributed by atoms with Crippen LogP contribution in [0.3, 0.4) is 0 Å². The first-order chi connectivity index (χ1) is 21.2. The van der Waals surface area contributed by atoms with Crippen LogP contribution in [0.1, 0.15) is 65.4 Å². The van der Waals surface area contributed by atoms with Crippen LogP contribution in [0, 0.1) is 25.7 Å². The maximum absolute atomic E-state index is 12.0. The number of pyridine rings is 1. The number of aryl methyl sites for hydroxylation is 1. The van der Waals surface area contributed by atoms with Crippen molar-refractivity contribution in [3.8, 4) is 5.69 Å². The number of rotatable bonds is 6. The molecule has 0 bridgehead atoms. The van der Waals surface area contributed by atoms with Crippen molar-refractivity contribution in [1.29, 1.82) is 0 Å². The van der Waals surface area contributed by atoms with Crippen LogP contribution in [0.2, 0.25) is 5.02 Å². The Morgan fingerprint density at radius 1 is 1.00 bits per heavy atom. The molecular formula is C35H38ClN5O2S. The van der Waals surface area contributed by atoms with E-state index >= 15 is 0 Å². The number of hydrogen-bond donors (Lipinski definition) is 1. The van der Waals surface area contributed by atoms with Gasteiger partial charge in [-0.15, -0.1) is 0 Å². The van der Waals surface area contributed by atoms with Crippen molar-refractivity contribution in [3.63, 3.8) is 0 Å². The Balaban J connectivity index is 1.42. The second kappa shape index (κ2) is 12.3. The van der Waals surface area contributed by atoms with Gasteiger partial charge in [0.1, 0.15) is 0 Å². The van der Waals surface area contributed by atoms with Crippen LogP contribution in [0.15, 0.2) is 72.9 Å². The minimum Gasteiger partial charge on any atom is -0.465 e. The molecule has 6 rings (SSSR count). The van der Waals surface area contributed by atoms with Gasteiger partial charge in [-0.25, -0.2) is 4.79 Å². The Hall–Kier alpha value is -3.88. The number of carbonyl (C=O) groups excluding carboxylic acids is 1. The first kappa shape index (κ1) is 30.2. The Bertz CT molecular complexity index is 1680. The van der Waals surface area contributed by atoms with Crippen LogP contribution in [-0.2, 0) is 4.74 Å². The topological polar surface area (TPSA) is 62.6 Å². The summed E-state index contributed by atoms with van der Waals surface area (Å²) in [5.41, 5.74) is 7.67. The third kappa shape index (κ3) is 5.57. The molecule has 4 atom stereocenters. The maximum Gasteiger partial charge on any atom is 0.337 e. The zero-order chi connectivity index (χ0) is 31.1. The average molecular weight is 628 g/mol. The Kier molecular flexibility index (Phi) is 8.40. The standard InChI is InChI=1S/C35H38ClN5O2S/c1-21-16-22(2)20-39(19-21)31-14-13-27(18-29(31)36)41-33(32(38-35(41)44)30-8-6-7-15-37-30)28-17-23(3)40(24(28)4)26-11-9-25(10-12-26)34(42)43-5/h6-15,17-18,21-22,32-33H,16,19-20H2,1-5H3,(H,38,44)/t21-,22-,32-,33+/m0/s1. The lowest BCUT2D eigenvalue weighted by Gasteiger charge is -2.37. The summed E-state index contributed by atoms with van der Waals surface area (Å²) < 4.78 is 7.10. The second-order valence-electron chi connectivity index (χ2n) is 12.2. The predicted molar refractivity (Wildman–Crippen MR) is 181 cm³/mol. The number of halogens is 1.